The third-order valence-corrected chi connectivity index (χ3v) is 4.56. The second kappa shape index (κ2) is 5.33. The standard InChI is InChI=1S/C15H18N6O3/c1-15(7-16,9-4-5-9)18-10(22)6-21-8-17-12-11(21)13(23)20(3)14(24)19(12)2/h8-9H,4-6H2,1-3H3,(H,18,22)/t15-/m1/s1. The van der Waals surface area contributed by atoms with Crippen LogP contribution in [0.3, 0.4) is 0 Å². The van der Waals surface area contributed by atoms with Gasteiger partial charge in [0.05, 0.1) is 12.4 Å². The smallest absolute Gasteiger partial charge is 0.332 e. The van der Waals surface area contributed by atoms with Crippen LogP contribution in [0.5, 0.6) is 0 Å². The van der Waals surface area contributed by atoms with E-state index in [1.165, 1.54) is 29.6 Å². The van der Waals surface area contributed by atoms with Crippen LogP contribution in [0.15, 0.2) is 15.9 Å². The van der Waals surface area contributed by atoms with Gasteiger partial charge in [0.1, 0.15) is 12.1 Å². The zero-order chi connectivity index (χ0) is 17.6. The van der Waals surface area contributed by atoms with Gasteiger partial charge >= 0.3 is 5.69 Å². The number of carbonyl (C=O) groups is 1. The van der Waals surface area contributed by atoms with E-state index in [1.807, 2.05) is 0 Å². The predicted molar refractivity (Wildman–Crippen MR) is 85.1 cm³/mol. The van der Waals surface area contributed by atoms with Crippen LogP contribution < -0.4 is 16.6 Å². The first kappa shape index (κ1) is 16.0. The highest BCUT2D eigenvalue weighted by atomic mass is 16.2. The SMILES string of the molecule is Cn1c(=O)c2c(ncn2CC(=O)N[C@](C)(C#N)C2CC2)n(C)c1=O. The van der Waals surface area contributed by atoms with Crippen molar-refractivity contribution in [3.05, 3.63) is 27.2 Å². The summed E-state index contributed by atoms with van der Waals surface area (Å²) in [6.07, 6.45) is 3.19. The normalized spacial score (nSPS) is 16.6. The lowest BCUT2D eigenvalue weighted by molar-refractivity contribution is -0.123. The Bertz CT molecular complexity index is 988. The van der Waals surface area contributed by atoms with E-state index in [0.717, 1.165) is 17.4 Å². The van der Waals surface area contributed by atoms with E-state index in [-0.39, 0.29) is 29.5 Å². The van der Waals surface area contributed by atoms with Gasteiger partial charge in [-0.3, -0.25) is 18.7 Å². The summed E-state index contributed by atoms with van der Waals surface area (Å²) >= 11 is 0. The quantitative estimate of drug-likeness (QED) is 0.791. The molecule has 126 valence electrons. The minimum atomic E-state index is -0.898. The van der Waals surface area contributed by atoms with Crippen molar-refractivity contribution in [2.24, 2.45) is 20.0 Å². The van der Waals surface area contributed by atoms with Gasteiger partial charge in [0.15, 0.2) is 11.2 Å². The van der Waals surface area contributed by atoms with E-state index in [2.05, 4.69) is 16.4 Å². The second-order valence-corrected chi connectivity index (χ2v) is 6.39. The Morgan fingerprint density at radius 3 is 2.67 bits per heavy atom. The molecule has 2 heterocycles. The number of rotatable bonds is 4. The Morgan fingerprint density at radius 1 is 1.42 bits per heavy atom. The van der Waals surface area contributed by atoms with Gasteiger partial charge in [-0.1, -0.05) is 0 Å². The van der Waals surface area contributed by atoms with E-state index in [1.54, 1.807) is 6.92 Å². The molecule has 1 aliphatic carbocycles. The fraction of sp³-hybridized carbons (Fsp3) is 0.533. The number of aryl methyl sites for hydroxylation is 1. The maximum atomic E-state index is 12.3. The average Bonchev–Trinajstić information content (AvgIpc) is 3.33. The summed E-state index contributed by atoms with van der Waals surface area (Å²) < 4.78 is 3.63. The molecule has 1 N–H and O–H groups in total. The van der Waals surface area contributed by atoms with Crippen molar-refractivity contribution in [3.63, 3.8) is 0 Å². The van der Waals surface area contributed by atoms with Gasteiger partial charge in [0.2, 0.25) is 5.91 Å². The highest BCUT2D eigenvalue weighted by molar-refractivity contribution is 5.80. The zero-order valence-electron chi connectivity index (χ0n) is 13.7. The van der Waals surface area contributed by atoms with Gasteiger partial charge < -0.3 is 9.88 Å². The van der Waals surface area contributed by atoms with E-state index >= 15 is 0 Å². The molecular weight excluding hydrogens is 312 g/mol. The van der Waals surface area contributed by atoms with E-state index < -0.39 is 16.8 Å². The first-order valence-electron chi connectivity index (χ1n) is 7.61. The van der Waals surface area contributed by atoms with Crippen LogP contribution in [-0.2, 0) is 25.4 Å². The first-order chi connectivity index (χ1) is 11.3. The number of nitriles is 1. The number of imidazole rings is 1. The lowest BCUT2D eigenvalue weighted by Crippen LogP contribution is -2.48. The van der Waals surface area contributed by atoms with Crippen molar-refractivity contribution in [2.75, 3.05) is 0 Å². The van der Waals surface area contributed by atoms with E-state index in [0.29, 0.717) is 0 Å². The molecule has 1 saturated carbocycles. The Balaban J connectivity index is 1.94. The van der Waals surface area contributed by atoms with Crippen molar-refractivity contribution in [1.82, 2.24) is 24.0 Å². The molecule has 0 aromatic carbocycles. The fourth-order valence-electron chi connectivity index (χ4n) is 2.88. The molecule has 0 saturated heterocycles. The Hall–Kier alpha value is -2.89. The topological polar surface area (TPSA) is 115 Å². The molecular formula is C15H18N6O3. The minimum Gasteiger partial charge on any atom is -0.336 e. The molecule has 9 heteroatoms. The lowest BCUT2D eigenvalue weighted by Gasteiger charge is -2.22. The van der Waals surface area contributed by atoms with E-state index in [4.69, 9.17) is 0 Å². The molecule has 2 aromatic heterocycles. The van der Waals surface area contributed by atoms with Crippen molar-refractivity contribution in [3.8, 4) is 6.07 Å². The van der Waals surface area contributed by atoms with Crippen LogP contribution in [0.2, 0.25) is 0 Å². The Morgan fingerprint density at radius 2 is 2.08 bits per heavy atom. The van der Waals surface area contributed by atoms with E-state index in [9.17, 15) is 19.6 Å². The summed E-state index contributed by atoms with van der Waals surface area (Å²) in [5.41, 5.74) is -1.48. The molecule has 3 rings (SSSR count). The highest BCUT2D eigenvalue weighted by Gasteiger charge is 2.43. The number of fused-ring (bicyclic) bond motifs is 1. The van der Waals surface area contributed by atoms with Crippen LogP contribution in [0.25, 0.3) is 11.2 Å². The van der Waals surface area contributed by atoms with Gasteiger partial charge in [0, 0.05) is 14.1 Å². The molecule has 0 unspecified atom stereocenters. The summed E-state index contributed by atoms with van der Waals surface area (Å²) in [7, 11) is 2.89. The molecule has 1 atom stereocenters. The molecule has 9 nitrogen and oxygen atoms in total. The van der Waals surface area contributed by atoms with Gasteiger partial charge in [-0.2, -0.15) is 5.26 Å². The second-order valence-electron chi connectivity index (χ2n) is 6.39. The number of nitrogens with zero attached hydrogens (tertiary/aromatic N) is 5. The molecule has 1 fully saturated rings. The van der Waals surface area contributed by atoms with Gasteiger partial charge in [-0.05, 0) is 25.7 Å². The maximum absolute atomic E-state index is 12.3. The summed E-state index contributed by atoms with van der Waals surface area (Å²) in [6.45, 7) is 1.56. The van der Waals surface area contributed by atoms with Crippen molar-refractivity contribution >= 4 is 17.1 Å². The summed E-state index contributed by atoms with van der Waals surface area (Å²) in [5.74, 6) is -0.208. The van der Waals surface area contributed by atoms with Crippen LogP contribution in [0, 0.1) is 17.2 Å². The molecule has 24 heavy (non-hydrogen) atoms. The number of nitrogens with one attached hydrogen (secondary N) is 1. The third kappa shape index (κ3) is 2.40. The lowest BCUT2D eigenvalue weighted by atomic mass is 9.98. The monoisotopic (exact) mass is 330 g/mol. The van der Waals surface area contributed by atoms with Crippen molar-refractivity contribution < 1.29 is 4.79 Å². The van der Waals surface area contributed by atoms with Crippen LogP contribution >= 0.6 is 0 Å². The maximum Gasteiger partial charge on any atom is 0.332 e. The summed E-state index contributed by atoms with van der Waals surface area (Å²) in [6, 6.07) is 2.16. The number of aromatic nitrogens is 4. The van der Waals surface area contributed by atoms with Gasteiger partial charge in [-0.25, -0.2) is 9.78 Å². The zero-order valence-corrected chi connectivity index (χ0v) is 13.7. The molecule has 1 aliphatic rings. The largest absolute Gasteiger partial charge is 0.336 e. The Kier molecular flexibility index (Phi) is 3.55. The summed E-state index contributed by atoms with van der Waals surface area (Å²) in [4.78, 5) is 40.6. The fourth-order valence-corrected chi connectivity index (χ4v) is 2.88. The van der Waals surface area contributed by atoms with Crippen LogP contribution in [0.1, 0.15) is 19.8 Å². The summed E-state index contributed by atoms with van der Waals surface area (Å²) in [5, 5.41) is 12.1. The van der Waals surface area contributed by atoms with Crippen molar-refractivity contribution in [1.29, 1.82) is 5.26 Å². The number of amides is 1. The molecule has 2 aromatic rings. The van der Waals surface area contributed by atoms with Crippen LogP contribution in [-0.4, -0.2) is 30.1 Å². The van der Waals surface area contributed by atoms with Crippen molar-refractivity contribution in [2.45, 2.75) is 31.8 Å². The van der Waals surface area contributed by atoms with Gasteiger partial charge in [0.25, 0.3) is 5.56 Å². The average molecular weight is 330 g/mol. The number of hydrogen-bond acceptors (Lipinski definition) is 5. The van der Waals surface area contributed by atoms with Crippen LogP contribution in [0.4, 0.5) is 0 Å². The molecule has 0 spiro atoms. The predicted octanol–water partition coefficient (Wildman–Crippen LogP) is -0.758. The molecule has 0 aliphatic heterocycles. The number of carbonyl (C=O) groups excluding carboxylic acids is 1. The Labute approximate surface area is 137 Å². The highest BCUT2D eigenvalue weighted by Crippen LogP contribution is 2.39. The van der Waals surface area contributed by atoms with Gasteiger partial charge in [-0.15, -0.1) is 0 Å². The molecule has 1 amide bonds. The first-order valence-corrected chi connectivity index (χ1v) is 7.61. The minimum absolute atomic E-state index is 0.145. The molecule has 0 bridgehead atoms. The number of hydrogen-bond donors (Lipinski definition) is 1. The third-order valence-electron chi connectivity index (χ3n) is 4.56. The molecule has 0 radical (unpaired) electrons.